The summed E-state index contributed by atoms with van der Waals surface area (Å²) in [5.41, 5.74) is 6.95. The Labute approximate surface area is 65.2 Å². The van der Waals surface area contributed by atoms with Gasteiger partial charge < -0.3 is 5.73 Å². The van der Waals surface area contributed by atoms with Crippen LogP contribution in [-0.4, -0.2) is 6.04 Å². The summed E-state index contributed by atoms with van der Waals surface area (Å²) in [5.74, 6) is 0. The molecule has 0 radical (unpaired) electrons. The molecule has 0 aromatic carbocycles. The first kappa shape index (κ1) is 7.51. The number of nitrogens with two attached hydrogens (primary N) is 1. The van der Waals surface area contributed by atoms with Crippen molar-refractivity contribution in [1.82, 2.24) is 0 Å². The molecule has 0 aliphatic rings. The van der Waals surface area contributed by atoms with E-state index in [-0.39, 0.29) is 6.04 Å². The molecule has 0 unspecified atom stereocenters. The zero-order valence-electron chi connectivity index (χ0n) is 5.79. The van der Waals surface area contributed by atoms with E-state index in [1.54, 1.807) is 17.4 Å². The second-order valence-electron chi connectivity index (χ2n) is 2.24. The Balaban J connectivity index is 2.47. The molecule has 1 rings (SSSR count). The Morgan fingerprint density at radius 1 is 1.80 bits per heavy atom. The molecule has 10 heavy (non-hydrogen) atoms. The minimum atomic E-state index is 0.106. The van der Waals surface area contributed by atoms with Gasteiger partial charge in [-0.15, -0.1) is 6.58 Å². The minimum Gasteiger partial charge on any atom is -0.324 e. The van der Waals surface area contributed by atoms with Crippen LogP contribution < -0.4 is 5.73 Å². The van der Waals surface area contributed by atoms with Crippen LogP contribution >= 0.6 is 11.3 Å². The van der Waals surface area contributed by atoms with Crippen molar-refractivity contribution in [3.63, 3.8) is 0 Å². The van der Waals surface area contributed by atoms with E-state index in [9.17, 15) is 0 Å². The summed E-state index contributed by atoms with van der Waals surface area (Å²) in [4.78, 5) is 0. The van der Waals surface area contributed by atoms with Gasteiger partial charge in [-0.05, 0) is 28.8 Å². The van der Waals surface area contributed by atoms with Crippen LogP contribution in [0.1, 0.15) is 5.56 Å². The van der Waals surface area contributed by atoms with Gasteiger partial charge in [-0.1, -0.05) is 6.08 Å². The van der Waals surface area contributed by atoms with Crippen molar-refractivity contribution >= 4 is 11.3 Å². The summed E-state index contributed by atoms with van der Waals surface area (Å²) in [6.45, 7) is 3.62. The van der Waals surface area contributed by atoms with Crippen molar-refractivity contribution in [1.29, 1.82) is 0 Å². The molecule has 1 aromatic rings. The van der Waals surface area contributed by atoms with Gasteiger partial charge >= 0.3 is 0 Å². The predicted molar refractivity (Wildman–Crippen MR) is 46.2 cm³/mol. The molecular weight excluding hydrogens is 142 g/mol. The summed E-state index contributed by atoms with van der Waals surface area (Å²) in [7, 11) is 0. The molecule has 54 valence electrons. The van der Waals surface area contributed by atoms with Crippen LogP contribution in [0.3, 0.4) is 0 Å². The summed E-state index contributed by atoms with van der Waals surface area (Å²) < 4.78 is 0. The summed E-state index contributed by atoms with van der Waals surface area (Å²) in [5, 5.41) is 4.18. The Hall–Kier alpha value is -0.600. The normalized spacial score (nSPS) is 12.9. The Bertz CT molecular complexity index is 191. The van der Waals surface area contributed by atoms with Gasteiger partial charge in [0.25, 0.3) is 0 Å². The van der Waals surface area contributed by atoms with Crippen molar-refractivity contribution in [3.8, 4) is 0 Å². The molecule has 0 bridgehead atoms. The number of thiophene rings is 1. The molecule has 0 aliphatic heterocycles. The third-order valence-corrected chi connectivity index (χ3v) is 2.09. The van der Waals surface area contributed by atoms with Crippen LogP contribution in [0.4, 0.5) is 0 Å². The van der Waals surface area contributed by atoms with Crippen molar-refractivity contribution in [2.75, 3.05) is 0 Å². The van der Waals surface area contributed by atoms with Crippen molar-refractivity contribution < 1.29 is 0 Å². The lowest BCUT2D eigenvalue weighted by Gasteiger charge is -2.01. The fourth-order valence-electron chi connectivity index (χ4n) is 0.764. The molecule has 0 amide bonds. The van der Waals surface area contributed by atoms with Crippen molar-refractivity contribution in [2.45, 2.75) is 12.5 Å². The van der Waals surface area contributed by atoms with E-state index in [1.807, 2.05) is 0 Å². The molecule has 0 saturated carbocycles. The predicted octanol–water partition coefficient (Wildman–Crippen LogP) is 1.80. The molecule has 0 spiro atoms. The van der Waals surface area contributed by atoms with Crippen LogP contribution in [-0.2, 0) is 6.42 Å². The molecule has 1 nitrogen and oxygen atoms in total. The zero-order valence-corrected chi connectivity index (χ0v) is 6.60. The summed E-state index contributed by atoms with van der Waals surface area (Å²) in [6, 6.07) is 2.20. The van der Waals surface area contributed by atoms with Gasteiger partial charge in [-0.2, -0.15) is 11.3 Å². The van der Waals surface area contributed by atoms with Crippen LogP contribution in [0.5, 0.6) is 0 Å². The first-order valence-corrected chi connectivity index (χ1v) is 4.16. The molecule has 0 saturated heterocycles. The quantitative estimate of drug-likeness (QED) is 0.658. The molecular formula is C8H11NS. The first-order chi connectivity index (χ1) is 4.83. The maximum Gasteiger partial charge on any atom is 0.0262 e. The lowest BCUT2D eigenvalue weighted by atomic mass is 10.1. The van der Waals surface area contributed by atoms with Crippen LogP contribution in [0.15, 0.2) is 29.5 Å². The van der Waals surface area contributed by atoms with Crippen molar-refractivity contribution in [2.24, 2.45) is 5.73 Å². The second-order valence-corrected chi connectivity index (χ2v) is 3.02. The van der Waals surface area contributed by atoms with Gasteiger partial charge in [-0.3, -0.25) is 0 Å². The molecule has 1 atom stereocenters. The van der Waals surface area contributed by atoms with E-state index in [2.05, 4.69) is 23.4 Å². The van der Waals surface area contributed by atoms with Gasteiger partial charge in [0.2, 0.25) is 0 Å². The Morgan fingerprint density at radius 2 is 2.60 bits per heavy atom. The van der Waals surface area contributed by atoms with E-state index in [0.29, 0.717) is 0 Å². The largest absolute Gasteiger partial charge is 0.324 e. The van der Waals surface area contributed by atoms with E-state index in [1.165, 1.54) is 5.56 Å². The minimum absolute atomic E-state index is 0.106. The number of hydrogen-bond acceptors (Lipinski definition) is 2. The summed E-state index contributed by atoms with van der Waals surface area (Å²) in [6.07, 6.45) is 2.69. The van der Waals surface area contributed by atoms with E-state index < -0.39 is 0 Å². The fraction of sp³-hybridized carbons (Fsp3) is 0.250. The van der Waals surface area contributed by atoms with Gasteiger partial charge in [0.1, 0.15) is 0 Å². The number of rotatable bonds is 3. The van der Waals surface area contributed by atoms with E-state index in [0.717, 1.165) is 6.42 Å². The average Bonchev–Trinajstić information content (AvgIpc) is 2.40. The maximum absolute atomic E-state index is 5.65. The molecule has 2 heteroatoms. The highest BCUT2D eigenvalue weighted by molar-refractivity contribution is 7.07. The highest BCUT2D eigenvalue weighted by atomic mass is 32.1. The topological polar surface area (TPSA) is 26.0 Å². The van der Waals surface area contributed by atoms with Gasteiger partial charge in [0, 0.05) is 6.04 Å². The number of hydrogen-bond donors (Lipinski definition) is 1. The van der Waals surface area contributed by atoms with Gasteiger partial charge in [0.15, 0.2) is 0 Å². The third kappa shape index (κ3) is 1.97. The maximum atomic E-state index is 5.65. The second kappa shape index (κ2) is 3.54. The Morgan fingerprint density at radius 3 is 3.10 bits per heavy atom. The van der Waals surface area contributed by atoms with Crippen LogP contribution in [0.2, 0.25) is 0 Å². The van der Waals surface area contributed by atoms with Crippen LogP contribution in [0, 0.1) is 0 Å². The molecule has 2 N–H and O–H groups in total. The molecule has 0 fully saturated rings. The van der Waals surface area contributed by atoms with Crippen LogP contribution in [0.25, 0.3) is 0 Å². The average molecular weight is 153 g/mol. The molecule has 1 heterocycles. The molecule has 0 aliphatic carbocycles. The standard InChI is InChI=1S/C8H11NS/c1-2-8(9)5-7-3-4-10-6-7/h2-4,6,8H,1,5,9H2/t8-/m1/s1. The zero-order chi connectivity index (χ0) is 7.40. The Kier molecular flexibility index (Phi) is 2.66. The highest BCUT2D eigenvalue weighted by Crippen LogP contribution is 2.07. The fourth-order valence-corrected chi connectivity index (χ4v) is 1.45. The van der Waals surface area contributed by atoms with E-state index in [4.69, 9.17) is 5.73 Å². The SMILES string of the molecule is C=C[C@@H](N)Cc1ccsc1. The van der Waals surface area contributed by atoms with E-state index >= 15 is 0 Å². The van der Waals surface area contributed by atoms with Gasteiger partial charge in [0.05, 0.1) is 0 Å². The third-order valence-electron chi connectivity index (χ3n) is 1.35. The smallest absolute Gasteiger partial charge is 0.0262 e. The molecule has 1 aromatic heterocycles. The van der Waals surface area contributed by atoms with Gasteiger partial charge in [-0.25, -0.2) is 0 Å². The monoisotopic (exact) mass is 153 g/mol. The lowest BCUT2D eigenvalue weighted by molar-refractivity contribution is 0.815. The first-order valence-electron chi connectivity index (χ1n) is 3.22. The van der Waals surface area contributed by atoms with Crippen molar-refractivity contribution in [3.05, 3.63) is 35.0 Å². The lowest BCUT2D eigenvalue weighted by Crippen LogP contribution is -2.18. The highest BCUT2D eigenvalue weighted by Gasteiger charge is 1.97. The summed E-state index contributed by atoms with van der Waals surface area (Å²) >= 11 is 1.70.